The van der Waals surface area contributed by atoms with E-state index in [4.69, 9.17) is 0 Å². The van der Waals surface area contributed by atoms with Gasteiger partial charge in [-0.15, -0.1) is 0 Å². The van der Waals surface area contributed by atoms with Crippen molar-refractivity contribution in [2.45, 2.75) is 38.0 Å². The zero-order valence-corrected chi connectivity index (χ0v) is 17.3. The fraction of sp³-hybridized carbons (Fsp3) is 0.400. The average molecular weight is 403 g/mol. The third kappa shape index (κ3) is 4.34. The lowest BCUT2D eigenvalue weighted by molar-refractivity contribution is -0.111. The monoisotopic (exact) mass is 402 g/mol. The highest BCUT2D eigenvalue weighted by Crippen LogP contribution is 2.22. The number of nitrogens with zero attached hydrogens (tertiary/aromatic N) is 3. The molecule has 1 aromatic heterocycles. The van der Waals surface area contributed by atoms with Crippen LogP contribution in [0.2, 0.25) is 0 Å². The number of carbonyl (C=O) groups excluding carboxylic acids is 1. The highest BCUT2D eigenvalue weighted by Gasteiger charge is 2.25. The second-order valence-corrected chi connectivity index (χ2v) is 8.96. The number of benzene rings is 1. The predicted molar refractivity (Wildman–Crippen MR) is 109 cm³/mol. The molecule has 3 rings (SSSR count). The van der Waals surface area contributed by atoms with Crippen molar-refractivity contribution in [3.05, 3.63) is 47.3 Å². The largest absolute Gasteiger partial charge is 0.323 e. The summed E-state index contributed by atoms with van der Waals surface area (Å²) >= 11 is 0. The second-order valence-electron chi connectivity index (χ2n) is 7.02. The van der Waals surface area contributed by atoms with Gasteiger partial charge in [0.25, 0.3) is 0 Å². The maximum atomic E-state index is 12.7. The van der Waals surface area contributed by atoms with Gasteiger partial charge in [-0.2, -0.15) is 9.40 Å². The summed E-state index contributed by atoms with van der Waals surface area (Å²) in [6, 6.07) is 6.31. The van der Waals surface area contributed by atoms with E-state index in [1.165, 1.54) is 10.4 Å². The minimum atomic E-state index is -3.46. The number of hydrogen-bond donors (Lipinski definition) is 1. The first kappa shape index (κ1) is 20.3. The number of amides is 1. The summed E-state index contributed by atoms with van der Waals surface area (Å²) in [5, 5.41) is 7.07. The highest BCUT2D eigenvalue weighted by molar-refractivity contribution is 7.89. The molecule has 2 heterocycles. The molecule has 7 nitrogen and oxygen atoms in total. The van der Waals surface area contributed by atoms with Crippen LogP contribution in [0, 0.1) is 13.8 Å². The zero-order chi connectivity index (χ0) is 20.3. The fourth-order valence-corrected chi connectivity index (χ4v) is 4.86. The number of rotatable bonds is 5. The Labute approximate surface area is 166 Å². The van der Waals surface area contributed by atoms with Gasteiger partial charge >= 0.3 is 0 Å². The molecule has 150 valence electrons. The molecule has 1 saturated heterocycles. The van der Waals surface area contributed by atoms with Crippen molar-refractivity contribution < 1.29 is 13.2 Å². The summed E-state index contributed by atoms with van der Waals surface area (Å²) in [6.07, 6.45) is 6.06. The molecule has 0 spiro atoms. The topological polar surface area (TPSA) is 84.3 Å². The lowest BCUT2D eigenvalue weighted by atomic mass is 10.2. The number of anilines is 1. The van der Waals surface area contributed by atoms with Gasteiger partial charge in [-0.25, -0.2) is 8.42 Å². The van der Waals surface area contributed by atoms with Crippen LogP contribution >= 0.6 is 0 Å². The molecule has 0 saturated carbocycles. The molecule has 28 heavy (non-hydrogen) atoms. The van der Waals surface area contributed by atoms with E-state index in [1.807, 2.05) is 20.9 Å². The third-order valence-electron chi connectivity index (χ3n) is 5.04. The van der Waals surface area contributed by atoms with Crippen LogP contribution < -0.4 is 5.32 Å². The summed E-state index contributed by atoms with van der Waals surface area (Å²) in [5.74, 6) is -0.283. The number of sulfonamides is 1. The molecule has 1 aromatic carbocycles. The van der Waals surface area contributed by atoms with Crippen molar-refractivity contribution in [1.82, 2.24) is 14.1 Å². The smallest absolute Gasteiger partial charge is 0.248 e. The van der Waals surface area contributed by atoms with Gasteiger partial charge in [-0.05, 0) is 57.0 Å². The van der Waals surface area contributed by atoms with Crippen molar-refractivity contribution in [3.63, 3.8) is 0 Å². The number of aryl methyl sites for hydroxylation is 2. The van der Waals surface area contributed by atoms with Gasteiger partial charge in [0.15, 0.2) is 0 Å². The molecule has 0 radical (unpaired) electrons. The van der Waals surface area contributed by atoms with Crippen LogP contribution in [0.25, 0.3) is 6.08 Å². The van der Waals surface area contributed by atoms with Crippen LogP contribution in [-0.2, 0) is 21.9 Å². The predicted octanol–water partition coefficient (Wildman–Crippen LogP) is 2.86. The molecule has 1 fully saturated rings. The Bertz CT molecular complexity index is 985. The summed E-state index contributed by atoms with van der Waals surface area (Å²) in [7, 11) is -1.60. The third-order valence-corrected chi connectivity index (χ3v) is 6.95. The van der Waals surface area contributed by atoms with E-state index < -0.39 is 10.0 Å². The molecular formula is C20H26N4O3S. The Kier molecular flexibility index (Phi) is 6.00. The van der Waals surface area contributed by atoms with Crippen LogP contribution in [0.15, 0.2) is 35.2 Å². The number of hydrogen-bond acceptors (Lipinski definition) is 4. The highest BCUT2D eigenvalue weighted by atomic mass is 32.2. The number of piperidine rings is 1. The van der Waals surface area contributed by atoms with Crippen LogP contribution in [-0.4, -0.2) is 41.5 Å². The Morgan fingerprint density at radius 1 is 1.11 bits per heavy atom. The lowest BCUT2D eigenvalue weighted by Crippen LogP contribution is -2.35. The minimum absolute atomic E-state index is 0.254. The molecule has 0 aliphatic carbocycles. The SMILES string of the molecule is Cc1nn(C)c(C)c1/C=C/C(=O)Nc1ccc(S(=O)(=O)N2CCCCC2)cc1. The fourth-order valence-electron chi connectivity index (χ4n) is 3.34. The Morgan fingerprint density at radius 3 is 2.32 bits per heavy atom. The number of nitrogens with one attached hydrogen (secondary N) is 1. The standard InChI is InChI=1S/C20H26N4O3S/c1-15-19(16(2)23(3)22-15)11-12-20(25)21-17-7-9-18(10-8-17)28(26,27)24-13-5-4-6-14-24/h7-12H,4-6,13-14H2,1-3H3,(H,21,25)/b12-11+. The Hall–Kier alpha value is -2.45. The van der Waals surface area contributed by atoms with E-state index in [0.29, 0.717) is 18.8 Å². The van der Waals surface area contributed by atoms with Gasteiger partial charge in [0, 0.05) is 43.2 Å². The molecule has 2 aromatic rings. The summed E-state index contributed by atoms with van der Waals surface area (Å²) < 4.78 is 28.6. The number of carbonyl (C=O) groups is 1. The average Bonchev–Trinajstić information content (AvgIpc) is 2.93. The van der Waals surface area contributed by atoms with E-state index in [9.17, 15) is 13.2 Å². The van der Waals surface area contributed by atoms with E-state index >= 15 is 0 Å². The Balaban J connectivity index is 1.67. The molecule has 1 aliphatic heterocycles. The first-order valence-electron chi connectivity index (χ1n) is 9.38. The van der Waals surface area contributed by atoms with Gasteiger partial charge in [-0.1, -0.05) is 6.42 Å². The molecule has 0 bridgehead atoms. The van der Waals surface area contributed by atoms with Crippen LogP contribution in [0.5, 0.6) is 0 Å². The second kappa shape index (κ2) is 8.28. The van der Waals surface area contributed by atoms with E-state index in [-0.39, 0.29) is 10.8 Å². The first-order valence-corrected chi connectivity index (χ1v) is 10.8. The van der Waals surface area contributed by atoms with Gasteiger partial charge in [-0.3, -0.25) is 9.48 Å². The van der Waals surface area contributed by atoms with Gasteiger partial charge in [0.05, 0.1) is 10.6 Å². The van der Waals surface area contributed by atoms with Crippen LogP contribution in [0.3, 0.4) is 0 Å². The van der Waals surface area contributed by atoms with Crippen molar-refractivity contribution in [2.24, 2.45) is 7.05 Å². The van der Waals surface area contributed by atoms with Gasteiger partial charge < -0.3 is 5.32 Å². The summed E-state index contributed by atoms with van der Waals surface area (Å²) in [4.78, 5) is 12.4. The minimum Gasteiger partial charge on any atom is -0.323 e. The molecule has 0 atom stereocenters. The van der Waals surface area contributed by atoms with Crippen molar-refractivity contribution in [2.75, 3.05) is 18.4 Å². The maximum Gasteiger partial charge on any atom is 0.248 e. The summed E-state index contributed by atoms with van der Waals surface area (Å²) in [5.41, 5.74) is 3.30. The van der Waals surface area contributed by atoms with Crippen molar-refractivity contribution in [3.8, 4) is 0 Å². The Morgan fingerprint density at radius 2 is 1.75 bits per heavy atom. The molecular weight excluding hydrogens is 376 g/mol. The number of aromatic nitrogens is 2. The quantitative estimate of drug-likeness (QED) is 0.780. The molecule has 1 amide bonds. The molecule has 0 unspecified atom stereocenters. The van der Waals surface area contributed by atoms with Gasteiger partial charge in [0.1, 0.15) is 0 Å². The van der Waals surface area contributed by atoms with Crippen LogP contribution in [0.1, 0.15) is 36.2 Å². The first-order chi connectivity index (χ1) is 13.3. The lowest BCUT2D eigenvalue weighted by Gasteiger charge is -2.25. The van der Waals surface area contributed by atoms with E-state index in [1.54, 1.807) is 35.0 Å². The van der Waals surface area contributed by atoms with Gasteiger partial charge in [0.2, 0.25) is 15.9 Å². The normalized spacial score (nSPS) is 15.8. The van der Waals surface area contributed by atoms with E-state index in [2.05, 4.69) is 10.4 Å². The molecule has 1 aliphatic rings. The van der Waals surface area contributed by atoms with E-state index in [0.717, 1.165) is 36.2 Å². The van der Waals surface area contributed by atoms with Crippen molar-refractivity contribution >= 4 is 27.7 Å². The molecule has 8 heteroatoms. The maximum absolute atomic E-state index is 12.7. The molecule has 1 N–H and O–H groups in total. The summed E-state index contributed by atoms with van der Waals surface area (Å²) in [6.45, 7) is 4.97. The zero-order valence-electron chi connectivity index (χ0n) is 16.5. The van der Waals surface area contributed by atoms with Crippen molar-refractivity contribution in [1.29, 1.82) is 0 Å². The van der Waals surface area contributed by atoms with Crippen LogP contribution in [0.4, 0.5) is 5.69 Å².